The first-order valence-corrected chi connectivity index (χ1v) is 7.10. The van der Waals surface area contributed by atoms with E-state index in [1.54, 1.807) is 0 Å². The van der Waals surface area contributed by atoms with Gasteiger partial charge >= 0.3 is 0 Å². The second kappa shape index (κ2) is 8.49. The van der Waals surface area contributed by atoms with Crippen LogP contribution in [0.25, 0.3) is 0 Å². The number of β-amino-alcohol motifs (C(OH)–C–C–N with tert-alkyl or cyclic N) is 1. The second-order valence-electron chi connectivity index (χ2n) is 5.35. The summed E-state index contributed by atoms with van der Waals surface area (Å²) in [6.45, 7) is 1.22. The molecule has 0 aromatic carbocycles. The van der Waals surface area contributed by atoms with E-state index in [2.05, 4.69) is 15.6 Å². The molecule has 0 aromatic rings. The first kappa shape index (κ1) is 19.7. The van der Waals surface area contributed by atoms with Crippen molar-refractivity contribution in [2.45, 2.75) is 50.2 Å². The first-order valence-electron chi connectivity index (χ1n) is 7.10. The Kier molecular flexibility index (Phi) is 7.28. The number of hydroxylamine groups is 1. The van der Waals surface area contributed by atoms with Crippen LogP contribution in [0.2, 0.25) is 0 Å². The van der Waals surface area contributed by atoms with Gasteiger partial charge in [-0.3, -0.25) is 14.4 Å². The van der Waals surface area contributed by atoms with Gasteiger partial charge in [0.25, 0.3) is 0 Å². The van der Waals surface area contributed by atoms with Gasteiger partial charge in [0, 0.05) is 20.0 Å². The molecule has 1 rings (SSSR count). The molecule has 1 fully saturated rings. The summed E-state index contributed by atoms with van der Waals surface area (Å²) in [5.74, 6) is -1.15. The fraction of sp³-hybridized carbons (Fsp3) is 0.833. The Balaban J connectivity index is 2.81. The van der Waals surface area contributed by atoms with Crippen LogP contribution in [0.4, 0.5) is 0 Å². The predicted octanol–water partition coefficient (Wildman–Crippen LogP) is -4.44. The lowest BCUT2D eigenvalue weighted by atomic mass is 10.1. The fourth-order valence-corrected chi connectivity index (χ4v) is 2.22. The van der Waals surface area contributed by atoms with Gasteiger partial charge in [0.1, 0.15) is 12.1 Å². The fourth-order valence-electron chi connectivity index (χ4n) is 2.22. The van der Waals surface area contributed by atoms with Gasteiger partial charge in [-0.25, -0.2) is 0 Å². The highest BCUT2D eigenvalue weighted by Gasteiger charge is 2.42. The SMILES string of the molecule is CNC(=O)[C@@H]1C[C@@H](O)CN1C(=O)[C@@H](NO[C@@H](O)[C@H](N)O)[C@@H](C)O. The lowest BCUT2D eigenvalue weighted by molar-refractivity contribution is -0.209. The van der Waals surface area contributed by atoms with Crippen molar-refractivity contribution >= 4 is 11.8 Å². The molecule has 23 heavy (non-hydrogen) atoms. The Hall–Kier alpha value is -1.34. The number of amides is 2. The third kappa shape index (κ3) is 5.07. The zero-order valence-electron chi connectivity index (χ0n) is 12.9. The number of likely N-dealkylation sites (N-methyl/N-ethyl adjacent to an activating group) is 1. The van der Waals surface area contributed by atoms with Crippen LogP contribution in [-0.4, -0.2) is 87.5 Å². The van der Waals surface area contributed by atoms with E-state index >= 15 is 0 Å². The standard InChI is InChI=1S/C12H24N4O7/c1-5(17)8(15-23-12(22)9(13)19)11(21)16-4-6(18)3-7(16)10(20)14-2/h5-9,12,15,17-19,22H,3-4,13H2,1-2H3,(H,14,20)/t5-,6-,7+,8+,9-,12-/m1/s1. The largest absolute Gasteiger partial charge is 0.391 e. The van der Waals surface area contributed by atoms with Crippen molar-refractivity contribution in [3.8, 4) is 0 Å². The molecule has 0 aromatic heterocycles. The summed E-state index contributed by atoms with van der Waals surface area (Å²) in [5, 5.41) is 40.0. The minimum Gasteiger partial charge on any atom is -0.391 e. The molecule has 134 valence electrons. The molecule has 2 amide bonds. The van der Waals surface area contributed by atoms with Gasteiger partial charge in [-0.05, 0) is 6.92 Å². The average molecular weight is 336 g/mol. The summed E-state index contributed by atoms with van der Waals surface area (Å²) >= 11 is 0. The van der Waals surface area contributed by atoms with Crippen molar-refractivity contribution in [2.75, 3.05) is 13.6 Å². The summed E-state index contributed by atoms with van der Waals surface area (Å²) in [7, 11) is 1.40. The van der Waals surface area contributed by atoms with E-state index < -0.39 is 48.6 Å². The molecule has 0 radical (unpaired) electrons. The number of nitrogens with zero attached hydrogens (tertiary/aromatic N) is 1. The minimum atomic E-state index is -1.82. The van der Waals surface area contributed by atoms with Gasteiger partial charge in [-0.15, -0.1) is 0 Å². The van der Waals surface area contributed by atoms with Crippen LogP contribution in [0.1, 0.15) is 13.3 Å². The molecule has 0 bridgehead atoms. The number of rotatable bonds is 7. The minimum absolute atomic E-state index is 0.0724. The number of aliphatic hydroxyl groups is 4. The van der Waals surface area contributed by atoms with E-state index in [0.717, 1.165) is 4.90 Å². The Morgan fingerprint density at radius 2 is 1.96 bits per heavy atom. The number of nitrogens with two attached hydrogens (primary N) is 1. The zero-order valence-corrected chi connectivity index (χ0v) is 12.9. The predicted molar refractivity (Wildman–Crippen MR) is 76.1 cm³/mol. The Bertz CT molecular complexity index is 420. The second-order valence-corrected chi connectivity index (χ2v) is 5.35. The summed E-state index contributed by atoms with van der Waals surface area (Å²) in [6, 6.07) is -2.21. The normalized spacial score (nSPS) is 26.5. The molecular formula is C12H24N4O7. The molecule has 1 aliphatic rings. The quantitative estimate of drug-likeness (QED) is 0.178. The number of hydrogen-bond acceptors (Lipinski definition) is 9. The molecule has 0 saturated carbocycles. The highest BCUT2D eigenvalue weighted by atomic mass is 16.7. The molecule has 6 atom stereocenters. The molecule has 11 nitrogen and oxygen atoms in total. The summed E-state index contributed by atoms with van der Waals surface area (Å²) in [4.78, 5) is 30.0. The molecule has 8 N–H and O–H groups in total. The molecule has 1 heterocycles. The number of likely N-dealkylation sites (tertiary alicyclic amines) is 1. The topological polar surface area (TPSA) is 178 Å². The van der Waals surface area contributed by atoms with Gasteiger partial charge in [0.05, 0.1) is 12.2 Å². The summed E-state index contributed by atoms with van der Waals surface area (Å²) in [6.07, 6.45) is -5.56. The van der Waals surface area contributed by atoms with Gasteiger partial charge in [-0.2, -0.15) is 5.48 Å². The van der Waals surface area contributed by atoms with E-state index in [0.29, 0.717) is 0 Å². The summed E-state index contributed by atoms with van der Waals surface area (Å²) < 4.78 is 0. The number of carbonyl (C=O) groups excluding carboxylic acids is 2. The Morgan fingerprint density at radius 1 is 1.35 bits per heavy atom. The third-order valence-electron chi connectivity index (χ3n) is 3.47. The molecule has 0 aliphatic carbocycles. The van der Waals surface area contributed by atoms with Gasteiger partial charge in [-0.1, -0.05) is 0 Å². The van der Waals surface area contributed by atoms with Crippen LogP contribution in [0, 0.1) is 0 Å². The van der Waals surface area contributed by atoms with Crippen LogP contribution < -0.4 is 16.5 Å². The molecule has 1 aliphatic heterocycles. The van der Waals surface area contributed by atoms with Crippen molar-refractivity contribution in [1.29, 1.82) is 0 Å². The number of hydrogen-bond donors (Lipinski definition) is 7. The van der Waals surface area contributed by atoms with Crippen molar-refractivity contribution < 1.29 is 34.9 Å². The van der Waals surface area contributed by atoms with Gasteiger partial charge in [0.2, 0.25) is 18.1 Å². The molecule has 11 heteroatoms. The van der Waals surface area contributed by atoms with Gasteiger partial charge in [0.15, 0.2) is 6.23 Å². The maximum Gasteiger partial charge on any atom is 0.245 e. The average Bonchev–Trinajstić information content (AvgIpc) is 2.87. The van der Waals surface area contributed by atoms with E-state index in [-0.39, 0.29) is 13.0 Å². The van der Waals surface area contributed by atoms with Crippen LogP contribution in [0.5, 0.6) is 0 Å². The maximum absolute atomic E-state index is 12.5. The lowest BCUT2D eigenvalue weighted by Gasteiger charge is -2.30. The zero-order chi connectivity index (χ0) is 17.7. The van der Waals surface area contributed by atoms with E-state index in [9.17, 15) is 24.9 Å². The van der Waals surface area contributed by atoms with Crippen LogP contribution >= 0.6 is 0 Å². The molecule has 1 saturated heterocycles. The monoisotopic (exact) mass is 336 g/mol. The van der Waals surface area contributed by atoms with Gasteiger partial charge < -0.3 is 36.4 Å². The molecular weight excluding hydrogens is 312 g/mol. The van der Waals surface area contributed by atoms with E-state index in [1.165, 1.54) is 14.0 Å². The van der Waals surface area contributed by atoms with Crippen LogP contribution in [0.15, 0.2) is 0 Å². The lowest BCUT2D eigenvalue weighted by Crippen LogP contribution is -2.56. The Morgan fingerprint density at radius 3 is 2.43 bits per heavy atom. The van der Waals surface area contributed by atoms with Crippen molar-refractivity contribution in [3.05, 3.63) is 0 Å². The maximum atomic E-state index is 12.5. The van der Waals surface area contributed by atoms with Crippen molar-refractivity contribution in [2.24, 2.45) is 5.73 Å². The summed E-state index contributed by atoms with van der Waals surface area (Å²) in [5.41, 5.74) is 7.12. The first-order chi connectivity index (χ1) is 10.7. The number of nitrogens with one attached hydrogen (secondary N) is 2. The van der Waals surface area contributed by atoms with E-state index in [4.69, 9.17) is 10.8 Å². The van der Waals surface area contributed by atoms with Crippen LogP contribution in [-0.2, 0) is 14.4 Å². The Labute approximate surface area is 133 Å². The smallest absolute Gasteiger partial charge is 0.245 e. The third-order valence-corrected chi connectivity index (χ3v) is 3.47. The van der Waals surface area contributed by atoms with Crippen molar-refractivity contribution in [3.63, 3.8) is 0 Å². The highest BCUT2D eigenvalue weighted by molar-refractivity contribution is 5.90. The highest BCUT2D eigenvalue weighted by Crippen LogP contribution is 2.20. The molecule has 0 spiro atoms. The number of aliphatic hydroxyl groups excluding tert-OH is 4. The molecule has 0 unspecified atom stereocenters. The van der Waals surface area contributed by atoms with Crippen molar-refractivity contribution in [1.82, 2.24) is 15.7 Å². The van der Waals surface area contributed by atoms with E-state index in [1.807, 2.05) is 0 Å². The number of carbonyl (C=O) groups is 2. The van der Waals surface area contributed by atoms with Crippen LogP contribution in [0.3, 0.4) is 0 Å².